The largest absolute Gasteiger partial charge is 0.462 e. The van der Waals surface area contributed by atoms with E-state index in [-0.39, 0.29) is 5.97 Å². The Morgan fingerprint density at radius 1 is 1.50 bits per heavy atom. The van der Waals surface area contributed by atoms with Crippen LogP contribution in [-0.2, 0) is 10.1 Å². The average molecular weight is 322 g/mol. The van der Waals surface area contributed by atoms with Crippen molar-refractivity contribution in [2.24, 2.45) is 0 Å². The standard InChI is InChI=1S/C10H10Br2O2/c1-2-14-10(13)7-3-4-8(6-11)9(12)5-7/h3-5H,2,6H2,1H3. The monoisotopic (exact) mass is 320 g/mol. The number of carbonyl (C=O) groups excluding carboxylic acids is 1. The normalized spacial score (nSPS) is 9.93. The van der Waals surface area contributed by atoms with Crippen LogP contribution in [0.5, 0.6) is 0 Å². The number of halogens is 2. The smallest absolute Gasteiger partial charge is 0.338 e. The SMILES string of the molecule is CCOC(=O)c1ccc(CBr)c(Br)c1. The summed E-state index contributed by atoms with van der Waals surface area (Å²) < 4.78 is 5.80. The van der Waals surface area contributed by atoms with Gasteiger partial charge in [0.05, 0.1) is 12.2 Å². The molecule has 0 aliphatic carbocycles. The maximum absolute atomic E-state index is 11.3. The molecular weight excluding hydrogens is 312 g/mol. The number of carbonyl (C=O) groups is 1. The fraction of sp³-hybridized carbons (Fsp3) is 0.300. The Balaban J connectivity index is 2.91. The fourth-order valence-corrected chi connectivity index (χ4v) is 2.38. The molecule has 14 heavy (non-hydrogen) atoms. The zero-order chi connectivity index (χ0) is 10.6. The molecule has 76 valence electrons. The van der Waals surface area contributed by atoms with Gasteiger partial charge in [-0.2, -0.15) is 0 Å². The predicted molar refractivity (Wildman–Crippen MR) is 62.7 cm³/mol. The summed E-state index contributed by atoms with van der Waals surface area (Å²) in [6, 6.07) is 5.43. The van der Waals surface area contributed by atoms with Crippen LogP contribution in [0.1, 0.15) is 22.8 Å². The first-order chi connectivity index (χ1) is 6.69. The Kier molecular flexibility index (Phi) is 4.62. The summed E-state index contributed by atoms with van der Waals surface area (Å²) in [5.41, 5.74) is 1.68. The van der Waals surface area contributed by atoms with E-state index in [1.165, 1.54) is 0 Å². The van der Waals surface area contributed by atoms with E-state index >= 15 is 0 Å². The van der Waals surface area contributed by atoms with Crippen molar-refractivity contribution < 1.29 is 9.53 Å². The van der Waals surface area contributed by atoms with Crippen molar-refractivity contribution in [3.05, 3.63) is 33.8 Å². The van der Waals surface area contributed by atoms with Crippen molar-refractivity contribution in [3.63, 3.8) is 0 Å². The number of rotatable bonds is 3. The van der Waals surface area contributed by atoms with E-state index in [0.717, 1.165) is 15.4 Å². The molecule has 1 aromatic carbocycles. The third-order valence-electron chi connectivity index (χ3n) is 1.71. The third kappa shape index (κ3) is 2.82. The van der Waals surface area contributed by atoms with Crippen LogP contribution in [0.25, 0.3) is 0 Å². The summed E-state index contributed by atoms with van der Waals surface area (Å²) in [5, 5.41) is 0.761. The van der Waals surface area contributed by atoms with Crippen LogP contribution in [0.15, 0.2) is 22.7 Å². The van der Waals surface area contributed by atoms with Crippen LogP contribution in [0, 0.1) is 0 Å². The molecule has 4 heteroatoms. The molecule has 0 saturated carbocycles. The molecule has 0 amide bonds. The van der Waals surface area contributed by atoms with Gasteiger partial charge in [0, 0.05) is 9.80 Å². The molecule has 1 aromatic rings. The Morgan fingerprint density at radius 2 is 2.21 bits per heavy atom. The highest BCUT2D eigenvalue weighted by atomic mass is 79.9. The zero-order valence-corrected chi connectivity index (χ0v) is 10.9. The number of hydrogen-bond acceptors (Lipinski definition) is 2. The molecule has 0 aromatic heterocycles. The summed E-state index contributed by atoms with van der Waals surface area (Å²) in [5.74, 6) is -0.283. The second kappa shape index (κ2) is 5.51. The molecule has 0 fully saturated rings. The lowest BCUT2D eigenvalue weighted by molar-refractivity contribution is 0.0526. The molecule has 0 N–H and O–H groups in total. The molecule has 1 rings (SSSR count). The van der Waals surface area contributed by atoms with Gasteiger partial charge in [0.1, 0.15) is 0 Å². The van der Waals surface area contributed by atoms with Gasteiger partial charge in [-0.25, -0.2) is 4.79 Å². The van der Waals surface area contributed by atoms with E-state index in [4.69, 9.17) is 4.74 Å². The van der Waals surface area contributed by atoms with Crippen LogP contribution < -0.4 is 0 Å². The lowest BCUT2D eigenvalue weighted by Gasteiger charge is -2.04. The van der Waals surface area contributed by atoms with Crippen molar-refractivity contribution in [3.8, 4) is 0 Å². The van der Waals surface area contributed by atoms with Gasteiger partial charge < -0.3 is 4.74 Å². The van der Waals surface area contributed by atoms with Crippen molar-refractivity contribution in [2.75, 3.05) is 6.61 Å². The summed E-state index contributed by atoms with van der Waals surface area (Å²) >= 11 is 6.74. The van der Waals surface area contributed by atoms with E-state index < -0.39 is 0 Å². The van der Waals surface area contributed by atoms with Crippen LogP contribution in [0.3, 0.4) is 0 Å². The minimum absolute atomic E-state index is 0.283. The molecule has 0 saturated heterocycles. The van der Waals surface area contributed by atoms with Crippen LogP contribution in [-0.4, -0.2) is 12.6 Å². The number of ether oxygens (including phenoxy) is 1. The van der Waals surface area contributed by atoms with Gasteiger partial charge in [0.2, 0.25) is 0 Å². The van der Waals surface area contributed by atoms with Crippen molar-refractivity contribution in [1.82, 2.24) is 0 Å². The molecule has 0 bridgehead atoms. The summed E-state index contributed by atoms with van der Waals surface area (Å²) in [7, 11) is 0. The summed E-state index contributed by atoms with van der Waals surface area (Å²) in [6.45, 7) is 2.19. The van der Waals surface area contributed by atoms with Gasteiger partial charge in [-0.05, 0) is 24.6 Å². The topological polar surface area (TPSA) is 26.3 Å². The van der Waals surface area contributed by atoms with Crippen molar-refractivity contribution in [1.29, 1.82) is 0 Å². The summed E-state index contributed by atoms with van der Waals surface area (Å²) in [4.78, 5) is 11.3. The number of benzene rings is 1. The molecule has 0 radical (unpaired) electrons. The van der Waals surface area contributed by atoms with Gasteiger partial charge in [0.25, 0.3) is 0 Å². The first-order valence-corrected chi connectivity index (χ1v) is 6.12. The minimum Gasteiger partial charge on any atom is -0.462 e. The fourth-order valence-electron chi connectivity index (χ4n) is 0.997. The second-order valence-corrected chi connectivity index (χ2v) is 4.08. The maximum atomic E-state index is 11.3. The molecule has 0 aliphatic heterocycles. The lowest BCUT2D eigenvalue weighted by atomic mass is 10.1. The van der Waals surface area contributed by atoms with Gasteiger partial charge >= 0.3 is 5.97 Å². The molecule has 0 aliphatic rings. The Bertz CT molecular complexity index is 337. The zero-order valence-electron chi connectivity index (χ0n) is 7.72. The van der Waals surface area contributed by atoms with Crippen LogP contribution in [0.4, 0.5) is 0 Å². The van der Waals surface area contributed by atoms with E-state index in [2.05, 4.69) is 31.9 Å². The van der Waals surface area contributed by atoms with E-state index in [1.807, 2.05) is 6.07 Å². The minimum atomic E-state index is -0.283. The average Bonchev–Trinajstić information content (AvgIpc) is 2.18. The molecule has 2 nitrogen and oxygen atoms in total. The lowest BCUT2D eigenvalue weighted by Crippen LogP contribution is -2.04. The Morgan fingerprint density at radius 3 is 2.71 bits per heavy atom. The molecular formula is C10H10Br2O2. The van der Waals surface area contributed by atoms with Crippen molar-refractivity contribution >= 4 is 37.8 Å². The maximum Gasteiger partial charge on any atom is 0.338 e. The Hall–Kier alpha value is -0.350. The number of esters is 1. The van der Waals surface area contributed by atoms with Gasteiger partial charge in [-0.3, -0.25) is 0 Å². The highest BCUT2D eigenvalue weighted by molar-refractivity contribution is 9.10. The molecule has 0 heterocycles. The van der Waals surface area contributed by atoms with Crippen LogP contribution in [0.2, 0.25) is 0 Å². The quantitative estimate of drug-likeness (QED) is 0.629. The van der Waals surface area contributed by atoms with E-state index in [9.17, 15) is 4.79 Å². The van der Waals surface area contributed by atoms with E-state index in [1.54, 1.807) is 19.1 Å². The first-order valence-electron chi connectivity index (χ1n) is 4.20. The number of alkyl halides is 1. The number of hydrogen-bond donors (Lipinski definition) is 0. The Labute approximate surface area is 99.9 Å². The van der Waals surface area contributed by atoms with E-state index in [0.29, 0.717) is 12.2 Å². The second-order valence-electron chi connectivity index (χ2n) is 2.66. The highest BCUT2D eigenvalue weighted by Gasteiger charge is 2.08. The molecule has 0 unspecified atom stereocenters. The molecule has 0 atom stereocenters. The van der Waals surface area contributed by atoms with Gasteiger partial charge in [-0.15, -0.1) is 0 Å². The highest BCUT2D eigenvalue weighted by Crippen LogP contribution is 2.21. The third-order valence-corrected chi connectivity index (χ3v) is 3.05. The van der Waals surface area contributed by atoms with Crippen LogP contribution >= 0.6 is 31.9 Å². The van der Waals surface area contributed by atoms with Gasteiger partial charge in [0.15, 0.2) is 0 Å². The first kappa shape index (κ1) is 11.7. The summed E-state index contributed by atoms with van der Waals surface area (Å²) in [6.07, 6.45) is 0. The predicted octanol–water partition coefficient (Wildman–Crippen LogP) is 3.52. The van der Waals surface area contributed by atoms with Gasteiger partial charge in [-0.1, -0.05) is 37.9 Å². The molecule has 0 spiro atoms. The van der Waals surface area contributed by atoms with Crippen molar-refractivity contribution in [2.45, 2.75) is 12.3 Å².